The van der Waals surface area contributed by atoms with Crippen molar-refractivity contribution in [3.63, 3.8) is 0 Å². The van der Waals surface area contributed by atoms with E-state index in [9.17, 15) is 19.7 Å². The molecule has 1 unspecified atom stereocenters. The van der Waals surface area contributed by atoms with Crippen LogP contribution in [-0.4, -0.2) is 34.5 Å². The number of amides is 1. The molecule has 0 aliphatic rings. The number of nitrogens with two attached hydrogens (primary N) is 1. The Balaban J connectivity index is 2.82. The number of carboxylic acid groups (broad SMARTS) is 1. The van der Waals surface area contributed by atoms with Crippen LogP contribution < -0.4 is 11.1 Å². The van der Waals surface area contributed by atoms with Crippen LogP contribution >= 0.6 is 0 Å². The first-order valence-corrected chi connectivity index (χ1v) is 5.87. The lowest BCUT2D eigenvalue weighted by Gasteiger charge is -2.16. The number of rotatable bonds is 7. The summed E-state index contributed by atoms with van der Waals surface area (Å²) in [5, 5.41) is 21.9. The van der Waals surface area contributed by atoms with E-state index in [1.165, 1.54) is 18.2 Å². The molecule has 0 heterocycles. The molecule has 4 N–H and O–H groups in total. The van der Waals surface area contributed by atoms with Crippen LogP contribution in [-0.2, 0) is 16.0 Å². The van der Waals surface area contributed by atoms with Gasteiger partial charge in [0, 0.05) is 18.2 Å². The minimum Gasteiger partial charge on any atom is -0.481 e. The maximum Gasteiger partial charge on any atom is 0.305 e. The summed E-state index contributed by atoms with van der Waals surface area (Å²) in [6.07, 6.45) is -0.103. The summed E-state index contributed by atoms with van der Waals surface area (Å²) in [5.74, 6) is -1.54. The van der Waals surface area contributed by atoms with E-state index in [1.807, 2.05) is 0 Å². The molecular formula is C12H15N3O5. The van der Waals surface area contributed by atoms with Gasteiger partial charge >= 0.3 is 5.97 Å². The molecule has 20 heavy (non-hydrogen) atoms. The fraction of sp³-hybridized carbons (Fsp3) is 0.333. The third kappa shape index (κ3) is 5.02. The zero-order valence-electron chi connectivity index (χ0n) is 10.6. The topological polar surface area (TPSA) is 136 Å². The standard InChI is InChI=1S/C12H15N3O5/c13-7-11(16)14-9(6-12(17)18)4-8-2-1-3-10(5-8)15(19)20/h1-3,5,9H,4,6-7,13H2,(H,14,16)(H,17,18). The second-order valence-electron chi connectivity index (χ2n) is 4.20. The van der Waals surface area contributed by atoms with Gasteiger partial charge < -0.3 is 16.2 Å². The number of nitro groups is 1. The van der Waals surface area contributed by atoms with Gasteiger partial charge in [-0.15, -0.1) is 0 Å². The molecule has 8 nitrogen and oxygen atoms in total. The monoisotopic (exact) mass is 281 g/mol. The molecule has 0 radical (unpaired) electrons. The van der Waals surface area contributed by atoms with Crippen LogP contribution in [0.1, 0.15) is 12.0 Å². The Kier molecular flexibility index (Phi) is 5.60. The molecule has 0 aliphatic carbocycles. The van der Waals surface area contributed by atoms with Crippen molar-refractivity contribution in [3.05, 3.63) is 39.9 Å². The zero-order valence-corrected chi connectivity index (χ0v) is 10.6. The molecule has 0 spiro atoms. The minimum atomic E-state index is -1.07. The largest absolute Gasteiger partial charge is 0.481 e. The fourth-order valence-electron chi connectivity index (χ4n) is 1.75. The normalized spacial score (nSPS) is 11.7. The number of carboxylic acids is 1. The molecule has 0 bridgehead atoms. The molecule has 108 valence electrons. The number of hydrogen-bond donors (Lipinski definition) is 3. The molecule has 1 amide bonds. The first-order valence-electron chi connectivity index (χ1n) is 5.87. The van der Waals surface area contributed by atoms with Gasteiger partial charge in [0.25, 0.3) is 5.69 Å². The van der Waals surface area contributed by atoms with Crippen molar-refractivity contribution in [2.75, 3.05) is 6.54 Å². The Morgan fingerprint density at radius 3 is 2.70 bits per heavy atom. The van der Waals surface area contributed by atoms with E-state index in [2.05, 4.69) is 5.32 Å². The second kappa shape index (κ2) is 7.19. The first kappa shape index (κ1) is 15.6. The van der Waals surface area contributed by atoms with Crippen LogP contribution in [0.5, 0.6) is 0 Å². The van der Waals surface area contributed by atoms with E-state index in [1.54, 1.807) is 6.07 Å². The molecule has 8 heteroatoms. The van der Waals surface area contributed by atoms with Gasteiger partial charge in [0.15, 0.2) is 0 Å². The quantitative estimate of drug-likeness (QED) is 0.477. The van der Waals surface area contributed by atoms with E-state index < -0.39 is 22.8 Å². The summed E-state index contributed by atoms with van der Waals surface area (Å²) in [5.41, 5.74) is 5.65. The number of nitro benzene ring substituents is 1. The predicted octanol–water partition coefficient (Wildman–Crippen LogP) is 0.0555. The van der Waals surface area contributed by atoms with Crippen molar-refractivity contribution in [2.45, 2.75) is 18.9 Å². The number of carbonyl (C=O) groups excluding carboxylic acids is 1. The Morgan fingerprint density at radius 2 is 2.15 bits per heavy atom. The highest BCUT2D eigenvalue weighted by atomic mass is 16.6. The number of benzene rings is 1. The molecule has 0 saturated heterocycles. The van der Waals surface area contributed by atoms with Crippen LogP contribution in [0.4, 0.5) is 5.69 Å². The van der Waals surface area contributed by atoms with Gasteiger partial charge in [0.1, 0.15) is 0 Å². The summed E-state index contributed by atoms with van der Waals surface area (Å²) < 4.78 is 0. The third-order valence-electron chi connectivity index (χ3n) is 2.58. The Hall–Kier alpha value is -2.48. The van der Waals surface area contributed by atoms with E-state index >= 15 is 0 Å². The van der Waals surface area contributed by atoms with Crippen LogP contribution in [0.25, 0.3) is 0 Å². The molecule has 0 saturated carbocycles. The maximum absolute atomic E-state index is 11.2. The van der Waals surface area contributed by atoms with E-state index in [0.29, 0.717) is 5.56 Å². The van der Waals surface area contributed by atoms with Gasteiger partial charge in [-0.25, -0.2) is 0 Å². The van der Waals surface area contributed by atoms with Gasteiger partial charge in [-0.1, -0.05) is 12.1 Å². The molecule has 1 rings (SSSR count). The molecule has 1 atom stereocenters. The van der Waals surface area contributed by atoms with Crippen molar-refractivity contribution >= 4 is 17.6 Å². The van der Waals surface area contributed by atoms with E-state index in [0.717, 1.165) is 0 Å². The Labute approximate surface area is 114 Å². The van der Waals surface area contributed by atoms with Crippen LogP contribution in [0.3, 0.4) is 0 Å². The zero-order chi connectivity index (χ0) is 15.1. The number of hydrogen-bond acceptors (Lipinski definition) is 5. The predicted molar refractivity (Wildman–Crippen MR) is 70.0 cm³/mol. The average molecular weight is 281 g/mol. The molecule has 0 aliphatic heterocycles. The van der Waals surface area contributed by atoms with Gasteiger partial charge in [0.05, 0.1) is 17.9 Å². The van der Waals surface area contributed by atoms with Crippen LogP contribution in [0, 0.1) is 10.1 Å². The highest BCUT2D eigenvalue weighted by Gasteiger charge is 2.17. The SMILES string of the molecule is NCC(=O)NC(CC(=O)O)Cc1cccc([N+](=O)[O-])c1. The Bertz CT molecular complexity index is 518. The smallest absolute Gasteiger partial charge is 0.305 e. The fourth-order valence-corrected chi connectivity index (χ4v) is 1.75. The highest BCUT2D eigenvalue weighted by molar-refractivity contribution is 5.79. The molecule has 0 fully saturated rings. The molecule has 1 aromatic rings. The number of non-ortho nitro benzene ring substituents is 1. The number of carbonyl (C=O) groups is 2. The molecule has 1 aromatic carbocycles. The number of nitrogens with one attached hydrogen (secondary N) is 1. The summed E-state index contributed by atoms with van der Waals surface area (Å²) in [6.45, 7) is -0.245. The van der Waals surface area contributed by atoms with Crippen molar-refractivity contribution in [1.82, 2.24) is 5.32 Å². The van der Waals surface area contributed by atoms with E-state index in [4.69, 9.17) is 10.8 Å². The minimum absolute atomic E-state index is 0.0817. The number of nitrogens with zero attached hydrogens (tertiary/aromatic N) is 1. The lowest BCUT2D eigenvalue weighted by Crippen LogP contribution is -2.41. The summed E-state index contributed by atoms with van der Waals surface area (Å²) in [4.78, 5) is 32.1. The highest BCUT2D eigenvalue weighted by Crippen LogP contribution is 2.15. The van der Waals surface area contributed by atoms with Gasteiger partial charge in [0.2, 0.25) is 5.91 Å². The first-order chi connectivity index (χ1) is 9.42. The average Bonchev–Trinajstić information content (AvgIpc) is 2.37. The van der Waals surface area contributed by atoms with Gasteiger partial charge in [-0.2, -0.15) is 0 Å². The number of aliphatic carboxylic acids is 1. The lowest BCUT2D eigenvalue weighted by atomic mass is 10.0. The lowest BCUT2D eigenvalue weighted by molar-refractivity contribution is -0.384. The van der Waals surface area contributed by atoms with Crippen molar-refractivity contribution in [2.24, 2.45) is 5.73 Å². The van der Waals surface area contributed by atoms with Crippen LogP contribution in [0.2, 0.25) is 0 Å². The van der Waals surface area contributed by atoms with Gasteiger partial charge in [-0.3, -0.25) is 19.7 Å². The van der Waals surface area contributed by atoms with E-state index in [-0.39, 0.29) is 25.1 Å². The van der Waals surface area contributed by atoms with Crippen molar-refractivity contribution in [3.8, 4) is 0 Å². The molecule has 0 aromatic heterocycles. The third-order valence-corrected chi connectivity index (χ3v) is 2.58. The maximum atomic E-state index is 11.2. The summed E-state index contributed by atoms with van der Waals surface area (Å²) in [7, 11) is 0. The van der Waals surface area contributed by atoms with Gasteiger partial charge in [-0.05, 0) is 12.0 Å². The summed E-state index contributed by atoms with van der Waals surface area (Å²) in [6, 6.07) is 5.18. The van der Waals surface area contributed by atoms with Crippen molar-refractivity contribution < 1.29 is 19.6 Å². The van der Waals surface area contributed by atoms with Crippen molar-refractivity contribution in [1.29, 1.82) is 0 Å². The summed E-state index contributed by atoms with van der Waals surface area (Å²) >= 11 is 0. The Morgan fingerprint density at radius 1 is 1.45 bits per heavy atom. The second-order valence-corrected chi connectivity index (χ2v) is 4.20. The molecular weight excluding hydrogens is 266 g/mol. The van der Waals surface area contributed by atoms with Crippen LogP contribution in [0.15, 0.2) is 24.3 Å².